The minimum atomic E-state index is -1.36. The van der Waals surface area contributed by atoms with Crippen LogP contribution < -0.4 is 15.4 Å². The molecule has 0 bridgehead atoms. The zero-order valence-corrected chi connectivity index (χ0v) is 17.2. The van der Waals surface area contributed by atoms with Gasteiger partial charge in [0.05, 0.1) is 19.2 Å². The summed E-state index contributed by atoms with van der Waals surface area (Å²) in [5.41, 5.74) is 0.355. The molecule has 8 nitrogen and oxygen atoms in total. The number of aromatic nitrogens is 2. The van der Waals surface area contributed by atoms with Crippen LogP contribution in [0.25, 0.3) is 27.8 Å². The van der Waals surface area contributed by atoms with Crippen LogP contribution in [0, 0.1) is 0 Å². The van der Waals surface area contributed by atoms with Crippen molar-refractivity contribution in [2.24, 2.45) is 0 Å². The summed E-state index contributed by atoms with van der Waals surface area (Å²) in [5, 5.41) is 18.1. The molecule has 0 spiro atoms. The molecule has 0 aliphatic carbocycles. The van der Waals surface area contributed by atoms with E-state index in [1.807, 2.05) is 36.4 Å². The lowest BCUT2D eigenvalue weighted by Crippen LogP contribution is -2.48. The van der Waals surface area contributed by atoms with Crippen LogP contribution in [0.15, 0.2) is 67.0 Å². The molecule has 1 aliphatic heterocycles. The van der Waals surface area contributed by atoms with E-state index in [0.717, 1.165) is 21.9 Å². The number of benzene rings is 2. The molecule has 0 radical (unpaired) electrons. The van der Waals surface area contributed by atoms with E-state index in [4.69, 9.17) is 4.74 Å². The zero-order chi connectivity index (χ0) is 22.3. The fraction of sp³-hybridized carbons (Fsp3) is 0.125. The van der Waals surface area contributed by atoms with E-state index in [1.165, 1.54) is 0 Å². The number of imide groups is 1. The van der Waals surface area contributed by atoms with Crippen molar-refractivity contribution < 1.29 is 19.4 Å². The van der Waals surface area contributed by atoms with Crippen LogP contribution in [0.5, 0.6) is 11.6 Å². The molecule has 3 heterocycles. The number of carbonyl (C=O) groups excluding carboxylic acids is 2. The van der Waals surface area contributed by atoms with Crippen molar-refractivity contribution in [2.75, 3.05) is 7.11 Å². The Balaban J connectivity index is 1.53. The number of ether oxygens (including phenoxy) is 1. The van der Waals surface area contributed by atoms with Gasteiger partial charge in [-0.2, -0.15) is 0 Å². The Morgan fingerprint density at radius 1 is 1.16 bits per heavy atom. The molecule has 3 N–H and O–H groups in total. The Bertz CT molecular complexity index is 1410. The topological polar surface area (TPSA) is 105 Å². The number of nitrogens with zero attached hydrogens (tertiary/aromatic N) is 2. The van der Waals surface area contributed by atoms with Crippen molar-refractivity contribution in [3.05, 3.63) is 72.6 Å². The van der Waals surface area contributed by atoms with E-state index in [2.05, 4.69) is 15.6 Å². The van der Waals surface area contributed by atoms with Gasteiger partial charge < -0.3 is 19.7 Å². The predicted molar refractivity (Wildman–Crippen MR) is 120 cm³/mol. The molecule has 160 valence electrons. The molecule has 1 saturated heterocycles. The number of methoxy groups -OCH3 is 1. The quantitative estimate of drug-likeness (QED) is 0.424. The van der Waals surface area contributed by atoms with E-state index in [1.54, 1.807) is 48.4 Å². The number of carbonyl (C=O) groups is 2. The van der Waals surface area contributed by atoms with Crippen LogP contribution in [-0.4, -0.2) is 39.2 Å². The van der Waals surface area contributed by atoms with Gasteiger partial charge in [-0.3, -0.25) is 15.1 Å². The predicted octanol–water partition coefficient (Wildman–Crippen LogP) is 3.20. The second kappa shape index (κ2) is 7.42. The van der Waals surface area contributed by atoms with E-state index in [-0.39, 0.29) is 12.4 Å². The summed E-state index contributed by atoms with van der Waals surface area (Å²) in [7, 11) is 1.55. The largest absolute Gasteiger partial charge is 0.497 e. The lowest BCUT2D eigenvalue weighted by molar-refractivity contribution is -0.122. The SMILES string of the molecule is COc1ccc2cn(C[C@@]3(C=Cc4ccc5ncccc5c4)NC(=O)NC3=O)c(O)c2c1. The smallest absolute Gasteiger partial charge is 0.322 e. The monoisotopic (exact) mass is 428 g/mol. The number of pyridine rings is 1. The van der Waals surface area contributed by atoms with Crippen LogP contribution in [0.2, 0.25) is 0 Å². The van der Waals surface area contributed by atoms with Crippen molar-refractivity contribution in [1.82, 2.24) is 20.2 Å². The van der Waals surface area contributed by atoms with Crippen molar-refractivity contribution in [3.63, 3.8) is 0 Å². The van der Waals surface area contributed by atoms with Gasteiger partial charge in [-0.25, -0.2) is 4.79 Å². The maximum absolute atomic E-state index is 12.8. The second-order valence-electron chi connectivity index (χ2n) is 7.70. The first-order valence-corrected chi connectivity index (χ1v) is 10.0. The normalized spacial score (nSPS) is 18.4. The number of urea groups is 1. The molecule has 3 amide bonds. The Morgan fingerprint density at radius 3 is 2.81 bits per heavy atom. The average Bonchev–Trinajstić information content (AvgIpc) is 3.26. The summed E-state index contributed by atoms with van der Waals surface area (Å²) in [4.78, 5) is 29.1. The molecule has 1 atom stereocenters. The molecular weight excluding hydrogens is 408 g/mol. The minimum absolute atomic E-state index is 0.0129. The Hall–Kier alpha value is -4.33. The van der Waals surface area contributed by atoms with Crippen molar-refractivity contribution in [2.45, 2.75) is 12.1 Å². The van der Waals surface area contributed by atoms with E-state index in [9.17, 15) is 14.7 Å². The van der Waals surface area contributed by atoms with E-state index in [0.29, 0.717) is 11.1 Å². The first-order chi connectivity index (χ1) is 15.5. The minimum Gasteiger partial charge on any atom is -0.497 e. The van der Waals surface area contributed by atoms with E-state index < -0.39 is 17.5 Å². The van der Waals surface area contributed by atoms with Gasteiger partial charge in [0.2, 0.25) is 0 Å². The summed E-state index contributed by atoms with van der Waals surface area (Å²) < 4.78 is 6.78. The summed E-state index contributed by atoms with van der Waals surface area (Å²) in [6, 6.07) is 14.3. The van der Waals surface area contributed by atoms with Crippen LogP contribution >= 0.6 is 0 Å². The molecule has 5 rings (SSSR count). The fourth-order valence-corrected chi connectivity index (χ4v) is 3.96. The van der Waals surface area contributed by atoms with Gasteiger partial charge in [-0.1, -0.05) is 18.2 Å². The molecule has 2 aromatic carbocycles. The number of amides is 3. The molecule has 0 unspecified atom stereocenters. The summed E-state index contributed by atoms with van der Waals surface area (Å²) in [5.74, 6) is 0.103. The van der Waals surface area contributed by atoms with Gasteiger partial charge in [-0.05, 0) is 48.0 Å². The van der Waals surface area contributed by atoms with Gasteiger partial charge in [-0.15, -0.1) is 0 Å². The molecule has 8 heteroatoms. The maximum Gasteiger partial charge on any atom is 0.322 e. The number of hydrogen-bond acceptors (Lipinski definition) is 5. The number of nitrogens with one attached hydrogen (secondary N) is 2. The van der Waals surface area contributed by atoms with Crippen LogP contribution in [0.3, 0.4) is 0 Å². The van der Waals surface area contributed by atoms with Gasteiger partial charge in [0.15, 0.2) is 11.4 Å². The summed E-state index contributed by atoms with van der Waals surface area (Å²) >= 11 is 0. The highest BCUT2D eigenvalue weighted by atomic mass is 16.5. The third kappa shape index (κ3) is 3.31. The van der Waals surface area contributed by atoms with Gasteiger partial charge in [0.25, 0.3) is 5.91 Å². The lowest BCUT2D eigenvalue weighted by atomic mass is 9.97. The molecule has 0 saturated carbocycles. The second-order valence-corrected chi connectivity index (χ2v) is 7.70. The maximum atomic E-state index is 12.8. The van der Waals surface area contributed by atoms with Crippen LogP contribution in [0.4, 0.5) is 4.79 Å². The first kappa shape index (κ1) is 19.6. The van der Waals surface area contributed by atoms with Crippen LogP contribution in [0.1, 0.15) is 5.56 Å². The third-order valence-electron chi connectivity index (χ3n) is 5.64. The third-order valence-corrected chi connectivity index (χ3v) is 5.64. The molecule has 2 aromatic heterocycles. The van der Waals surface area contributed by atoms with Crippen molar-refractivity contribution in [1.29, 1.82) is 0 Å². The number of hydrogen-bond donors (Lipinski definition) is 3. The van der Waals surface area contributed by atoms with Gasteiger partial charge in [0.1, 0.15) is 5.75 Å². The highest BCUT2D eigenvalue weighted by molar-refractivity contribution is 6.08. The fourth-order valence-electron chi connectivity index (χ4n) is 3.96. The van der Waals surface area contributed by atoms with Crippen molar-refractivity contribution in [3.8, 4) is 11.6 Å². The number of rotatable bonds is 5. The average molecular weight is 428 g/mol. The first-order valence-electron chi connectivity index (χ1n) is 10.0. The zero-order valence-electron chi connectivity index (χ0n) is 17.2. The van der Waals surface area contributed by atoms with Crippen molar-refractivity contribution >= 4 is 39.7 Å². The Labute approximate surface area is 183 Å². The van der Waals surface area contributed by atoms with E-state index >= 15 is 0 Å². The van der Waals surface area contributed by atoms with Gasteiger partial charge >= 0.3 is 6.03 Å². The number of aromatic hydroxyl groups is 1. The molecule has 1 fully saturated rings. The number of fused-ring (bicyclic) bond motifs is 2. The molecule has 1 aliphatic rings. The Morgan fingerprint density at radius 2 is 2.03 bits per heavy atom. The summed E-state index contributed by atoms with van der Waals surface area (Å²) in [6.45, 7) is 0.0129. The van der Waals surface area contributed by atoms with Crippen LogP contribution in [-0.2, 0) is 11.3 Å². The highest BCUT2D eigenvalue weighted by Crippen LogP contribution is 2.32. The summed E-state index contributed by atoms with van der Waals surface area (Å²) in [6.07, 6.45) is 6.89. The molecular formula is C24H20N4O4. The lowest BCUT2D eigenvalue weighted by Gasteiger charge is -2.23. The van der Waals surface area contributed by atoms with Gasteiger partial charge in [0, 0.05) is 28.6 Å². The Kier molecular flexibility index (Phi) is 4.55. The highest BCUT2D eigenvalue weighted by Gasteiger charge is 2.45. The standard InChI is InChI=1S/C24H20N4O4/c1-32-18-6-5-17-13-28(21(29)19(17)12-18)14-24(22(30)26-23(31)27-24)9-8-15-4-7-20-16(11-15)3-2-10-25-20/h2-13,29H,14H2,1H3,(H2,26,27,30,31)/t24-/m1/s1. The molecule has 4 aromatic rings. The molecule has 32 heavy (non-hydrogen) atoms.